The molecular formula is C17H25FN2O3S. The first-order valence-corrected chi connectivity index (χ1v) is 10.2. The van der Waals surface area contributed by atoms with Gasteiger partial charge in [-0.2, -0.15) is 4.31 Å². The predicted molar refractivity (Wildman–Crippen MR) is 91.5 cm³/mol. The Bertz CT molecular complexity index is 640. The fourth-order valence-corrected chi connectivity index (χ4v) is 3.72. The lowest BCUT2D eigenvalue weighted by Crippen LogP contribution is -2.45. The van der Waals surface area contributed by atoms with Gasteiger partial charge in [-0.25, -0.2) is 12.8 Å². The molecule has 0 unspecified atom stereocenters. The Labute approximate surface area is 143 Å². The van der Waals surface area contributed by atoms with Crippen LogP contribution in [0.25, 0.3) is 0 Å². The van der Waals surface area contributed by atoms with Crippen LogP contribution >= 0.6 is 0 Å². The van der Waals surface area contributed by atoms with Gasteiger partial charge >= 0.3 is 0 Å². The number of hydrogen-bond acceptors (Lipinski definition) is 3. The molecule has 0 spiro atoms. The summed E-state index contributed by atoms with van der Waals surface area (Å²) in [6, 6.07) is 6.09. The zero-order valence-corrected chi connectivity index (χ0v) is 14.8. The van der Waals surface area contributed by atoms with E-state index in [1.54, 1.807) is 12.1 Å². The van der Waals surface area contributed by atoms with Gasteiger partial charge in [0.05, 0.1) is 12.8 Å². The molecule has 1 aliphatic carbocycles. The molecule has 0 aromatic heterocycles. The Morgan fingerprint density at radius 2 is 1.83 bits per heavy atom. The Hall–Kier alpha value is -1.47. The van der Waals surface area contributed by atoms with Gasteiger partial charge in [-0.3, -0.25) is 4.79 Å². The van der Waals surface area contributed by atoms with Crippen molar-refractivity contribution in [2.24, 2.45) is 0 Å². The minimum absolute atomic E-state index is 0.157. The molecule has 1 aromatic rings. The topological polar surface area (TPSA) is 66.5 Å². The van der Waals surface area contributed by atoms with E-state index in [1.807, 2.05) is 0 Å². The van der Waals surface area contributed by atoms with Gasteiger partial charge in [0.2, 0.25) is 15.9 Å². The van der Waals surface area contributed by atoms with Crippen LogP contribution in [0.2, 0.25) is 0 Å². The summed E-state index contributed by atoms with van der Waals surface area (Å²) in [6.45, 7) is 0.0269. The van der Waals surface area contributed by atoms with Crippen molar-refractivity contribution in [1.82, 2.24) is 9.62 Å². The molecule has 1 fully saturated rings. The van der Waals surface area contributed by atoms with E-state index in [9.17, 15) is 17.6 Å². The molecule has 0 heterocycles. The van der Waals surface area contributed by atoms with Crippen LogP contribution in [0.5, 0.6) is 0 Å². The van der Waals surface area contributed by atoms with Gasteiger partial charge in [0.15, 0.2) is 0 Å². The molecule has 1 amide bonds. The molecule has 0 saturated heterocycles. The summed E-state index contributed by atoms with van der Waals surface area (Å²) in [4.78, 5) is 12.2. The Balaban J connectivity index is 1.90. The molecule has 134 valence electrons. The van der Waals surface area contributed by atoms with E-state index in [4.69, 9.17) is 0 Å². The highest BCUT2D eigenvalue weighted by Gasteiger charge is 2.22. The minimum Gasteiger partial charge on any atom is -0.352 e. The molecule has 7 heteroatoms. The van der Waals surface area contributed by atoms with Crippen LogP contribution in [0.3, 0.4) is 0 Å². The highest BCUT2D eigenvalue weighted by atomic mass is 32.2. The molecule has 5 nitrogen and oxygen atoms in total. The fraction of sp³-hybridized carbons (Fsp3) is 0.588. The molecular weight excluding hydrogens is 331 g/mol. The summed E-state index contributed by atoms with van der Waals surface area (Å²) in [5.41, 5.74) is 0.831. The zero-order chi connectivity index (χ0) is 17.6. The van der Waals surface area contributed by atoms with Crippen LogP contribution in [-0.2, 0) is 21.2 Å². The van der Waals surface area contributed by atoms with Gasteiger partial charge in [0, 0.05) is 12.6 Å². The van der Waals surface area contributed by atoms with E-state index in [1.165, 1.54) is 22.9 Å². The number of rotatable bonds is 7. The van der Waals surface area contributed by atoms with E-state index in [2.05, 4.69) is 5.32 Å². The smallest absolute Gasteiger partial charge is 0.235 e. The van der Waals surface area contributed by atoms with Crippen LogP contribution in [0.1, 0.15) is 37.7 Å². The van der Waals surface area contributed by atoms with Gasteiger partial charge in [-0.05, 0) is 37.0 Å². The maximum Gasteiger partial charge on any atom is 0.235 e. The molecule has 2 rings (SSSR count). The van der Waals surface area contributed by atoms with Crippen molar-refractivity contribution < 1.29 is 17.6 Å². The van der Waals surface area contributed by atoms with Crippen LogP contribution in [0.15, 0.2) is 24.3 Å². The average molecular weight is 356 g/mol. The maximum absolute atomic E-state index is 12.9. The Morgan fingerprint density at radius 3 is 2.42 bits per heavy atom. The number of hydrogen-bond donors (Lipinski definition) is 1. The summed E-state index contributed by atoms with van der Waals surface area (Å²) in [6.07, 6.45) is 6.85. The Kier molecular flexibility index (Phi) is 6.74. The largest absolute Gasteiger partial charge is 0.352 e. The molecule has 1 N–H and O–H groups in total. The van der Waals surface area contributed by atoms with Crippen LogP contribution in [0.4, 0.5) is 4.39 Å². The van der Waals surface area contributed by atoms with E-state index in [-0.39, 0.29) is 30.9 Å². The molecule has 1 aliphatic rings. The van der Waals surface area contributed by atoms with Crippen molar-refractivity contribution in [1.29, 1.82) is 0 Å². The summed E-state index contributed by atoms with van der Waals surface area (Å²) in [5, 5.41) is 2.93. The van der Waals surface area contributed by atoms with Gasteiger partial charge < -0.3 is 5.32 Å². The lowest BCUT2D eigenvalue weighted by Gasteiger charge is -2.25. The lowest BCUT2D eigenvalue weighted by atomic mass is 9.95. The number of carbonyl (C=O) groups is 1. The molecule has 0 radical (unpaired) electrons. The number of benzene rings is 1. The third-order valence-electron chi connectivity index (χ3n) is 4.32. The van der Waals surface area contributed by atoms with Gasteiger partial charge in [0.1, 0.15) is 5.82 Å². The lowest BCUT2D eigenvalue weighted by molar-refractivity contribution is -0.122. The highest BCUT2D eigenvalue weighted by Crippen LogP contribution is 2.17. The fourth-order valence-electron chi connectivity index (χ4n) is 2.95. The average Bonchev–Trinajstić information content (AvgIpc) is 2.53. The van der Waals surface area contributed by atoms with Crippen LogP contribution in [-0.4, -0.2) is 44.0 Å². The second-order valence-corrected chi connectivity index (χ2v) is 8.36. The van der Waals surface area contributed by atoms with Crippen molar-refractivity contribution in [2.45, 2.75) is 44.6 Å². The number of nitrogens with zero attached hydrogens (tertiary/aromatic N) is 1. The van der Waals surface area contributed by atoms with E-state index >= 15 is 0 Å². The molecule has 24 heavy (non-hydrogen) atoms. The van der Waals surface area contributed by atoms with Gasteiger partial charge in [-0.15, -0.1) is 0 Å². The second kappa shape index (κ2) is 8.58. The van der Waals surface area contributed by atoms with Crippen molar-refractivity contribution in [3.05, 3.63) is 35.6 Å². The number of nitrogens with one attached hydrogen (secondary N) is 1. The maximum atomic E-state index is 12.9. The molecule has 0 bridgehead atoms. The quantitative estimate of drug-likeness (QED) is 0.813. The third-order valence-corrected chi connectivity index (χ3v) is 5.57. The standard InChI is InChI=1S/C17H25FN2O3S/c1-24(22,23)20(12-11-14-7-9-15(18)10-8-14)13-17(21)19-16-5-3-2-4-6-16/h7-10,16H,2-6,11-13H2,1H3,(H,19,21). The van der Waals surface area contributed by atoms with Crippen LogP contribution < -0.4 is 5.32 Å². The first kappa shape index (κ1) is 18.9. The number of sulfonamides is 1. The Morgan fingerprint density at radius 1 is 1.21 bits per heavy atom. The molecule has 1 saturated carbocycles. The van der Waals surface area contributed by atoms with E-state index < -0.39 is 10.0 Å². The predicted octanol–water partition coefficient (Wildman–Crippen LogP) is 2.08. The summed E-state index contributed by atoms with van der Waals surface area (Å²) >= 11 is 0. The number of amides is 1. The summed E-state index contributed by atoms with van der Waals surface area (Å²) < 4.78 is 37.9. The summed E-state index contributed by atoms with van der Waals surface area (Å²) in [5.74, 6) is -0.586. The first-order valence-electron chi connectivity index (χ1n) is 8.33. The second-order valence-electron chi connectivity index (χ2n) is 6.38. The van der Waals surface area contributed by atoms with Crippen molar-refractivity contribution in [2.75, 3.05) is 19.3 Å². The number of carbonyl (C=O) groups excluding carboxylic acids is 1. The van der Waals surface area contributed by atoms with Gasteiger partial charge in [0.25, 0.3) is 0 Å². The third kappa shape index (κ3) is 6.20. The minimum atomic E-state index is -3.48. The highest BCUT2D eigenvalue weighted by molar-refractivity contribution is 7.88. The molecule has 0 atom stereocenters. The van der Waals surface area contributed by atoms with Gasteiger partial charge in [-0.1, -0.05) is 31.4 Å². The normalized spacial score (nSPS) is 16.3. The molecule has 0 aliphatic heterocycles. The SMILES string of the molecule is CS(=O)(=O)N(CCc1ccc(F)cc1)CC(=O)NC1CCCCC1. The molecule has 1 aromatic carbocycles. The van der Waals surface area contributed by atoms with Crippen molar-refractivity contribution in [3.8, 4) is 0 Å². The zero-order valence-electron chi connectivity index (χ0n) is 14.0. The number of halogens is 1. The van der Waals surface area contributed by atoms with E-state index in [0.29, 0.717) is 6.42 Å². The first-order chi connectivity index (χ1) is 11.3. The van der Waals surface area contributed by atoms with E-state index in [0.717, 1.165) is 37.5 Å². The van der Waals surface area contributed by atoms with Crippen molar-refractivity contribution in [3.63, 3.8) is 0 Å². The van der Waals surface area contributed by atoms with Crippen LogP contribution in [0, 0.1) is 5.82 Å². The summed E-state index contributed by atoms with van der Waals surface area (Å²) in [7, 11) is -3.48. The monoisotopic (exact) mass is 356 g/mol. The van der Waals surface area contributed by atoms with Crippen molar-refractivity contribution >= 4 is 15.9 Å².